The average molecular weight is 403 g/mol. The highest BCUT2D eigenvalue weighted by Crippen LogP contribution is 2.17. The highest BCUT2D eigenvalue weighted by molar-refractivity contribution is 6.03. The first-order valence-corrected chi connectivity index (χ1v) is 8.58. The summed E-state index contributed by atoms with van der Waals surface area (Å²) >= 11 is 0. The molecule has 0 heterocycles. The molecule has 3 amide bonds. The molecule has 0 fully saturated rings. The second kappa shape index (κ2) is 9.95. The van der Waals surface area contributed by atoms with Crippen molar-refractivity contribution in [2.75, 3.05) is 18.4 Å². The van der Waals surface area contributed by atoms with Crippen molar-refractivity contribution in [2.45, 2.75) is 45.4 Å². The van der Waals surface area contributed by atoms with Gasteiger partial charge in [-0.15, -0.1) is 0 Å². The van der Waals surface area contributed by atoms with Gasteiger partial charge in [0.25, 0.3) is 5.91 Å². The molecule has 10 heteroatoms. The first-order chi connectivity index (χ1) is 12.9. The van der Waals surface area contributed by atoms with Gasteiger partial charge in [0.05, 0.1) is 11.3 Å². The molecule has 0 spiro atoms. The summed E-state index contributed by atoms with van der Waals surface area (Å²) in [7, 11) is 0. The minimum absolute atomic E-state index is 0.0360. The molecule has 28 heavy (non-hydrogen) atoms. The van der Waals surface area contributed by atoms with Gasteiger partial charge in [0.2, 0.25) is 5.91 Å². The minimum atomic E-state index is -4.53. The molecule has 0 aliphatic carbocycles. The molecule has 0 aliphatic heterocycles. The highest BCUT2D eigenvalue weighted by Gasteiger charge is 2.28. The van der Waals surface area contributed by atoms with Crippen LogP contribution >= 0.6 is 0 Å². The van der Waals surface area contributed by atoms with E-state index in [1.165, 1.54) is 18.2 Å². The molecule has 3 N–H and O–H groups in total. The van der Waals surface area contributed by atoms with Gasteiger partial charge in [-0.3, -0.25) is 9.59 Å². The van der Waals surface area contributed by atoms with Gasteiger partial charge in [0.15, 0.2) is 0 Å². The molecule has 1 aromatic rings. The lowest BCUT2D eigenvalue weighted by Gasteiger charge is -2.19. The van der Waals surface area contributed by atoms with E-state index in [4.69, 9.17) is 4.74 Å². The number of hydrogen-bond donors (Lipinski definition) is 3. The van der Waals surface area contributed by atoms with Gasteiger partial charge in [0.1, 0.15) is 12.1 Å². The van der Waals surface area contributed by atoms with Gasteiger partial charge in [-0.1, -0.05) is 12.1 Å². The van der Waals surface area contributed by atoms with Crippen LogP contribution in [0, 0.1) is 0 Å². The number of alkyl halides is 3. The zero-order valence-corrected chi connectivity index (χ0v) is 15.9. The number of amides is 3. The van der Waals surface area contributed by atoms with E-state index in [1.807, 2.05) is 0 Å². The summed E-state index contributed by atoms with van der Waals surface area (Å²) in [6, 6.07) is 5.74. The van der Waals surface area contributed by atoms with Crippen LogP contribution in [0.4, 0.5) is 23.7 Å². The van der Waals surface area contributed by atoms with Crippen LogP contribution in [-0.4, -0.2) is 42.8 Å². The van der Waals surface area contributed by atoms with Gasteiger partial charge in [-0.05, 0) is 39.3 Å². The molecule has 0 atom stereocenters. The Kier molecular flexibility index (Phi) is 8.27. The smallest absolute Gasteiger partial charge is 0.407 e. The fraction of sp³-hybridized carbons (Fsp3) is 0.500. The largest absolute Gasteiger partial charge is 0.444 e. The normalized spacial score (nSPS) is 11.5. The minimum Gasteiger partial charge on any atom is -0.444 e. The van der Waals surface area contributed by atoms with Crippen molar-refractivity contribution in [2.24, 2.45) is 0 Å². The Labute approximate surface area is 161 Å². The lowest BCUT2D eigenvalue weighted by atomic mass is 10.1. The quantitative estimate of drug-likeness (QED) is 0.609. The van der Waals surface area contributed by atoms with Gasteiger partial charge in [-0.2, -0.15) is 13.2 Å². The number of alkyl carbamates (subject to hydrolysis) is 1. The van der Waals surface area contributed by atoms with E-state index < -0.39 is 36.2 Å². The summed E-state index contributed by atoms with van der Waals surface area (Å²) in [5, 5.41) is 6.76. The number of rotatable bonds is 7. The lowest BCUT2D eigenvalue weighted by molar-refractivity contribution is -0.123. The zero-order chi connectivity index (χ0) is 21.4. The molecular weight excluding hydrogens is 379 g/mol. The molecule has 0 radical (unpaired) electrons. The van der Waals surface area contributed by atoms with Crippen LogP contribution in [0.25, 0.3) is 0 Å². The van der Waals surface area contributed by atoms with Crippen LogP contribution in [0.3, 0.4) is 0 Å². The second-order valence-corrected chi connectivity index (χ2v) is 6.92. The zero-order valence-electron chi connectivity index (χ0n) is 15.9. The maximum absolute atomic E-state index is 12.2. The first kappa shape index (κ1) is 23.3. The summed E-state index contributed by atoms with van der Waals surface area (Å²) in [5.74, 6) is -1.39. The Balaban J connectivity index is 2.50. The van der Waals surface area contributed by atoms with Crippen molar-refractivity contribution >= 4 is 23.6 Å². The van der Waals surface area contributed by atoms with E-state index >= 15 is 0 Å². The van der Waals surface area contributed by atoms with Crippen LogP contribution in [0.2, 0.25) is 0 Å². The Morgan fingerprint density at radius 3 is 2.29 bits per heavy atom. The van der Waals surface area contributed by atoms with Crippen molar-refractivity contribution < 1.29 is 32.3 Å². The molecule has 0 aromatic heterocycles. The average Bonchev–Trinajstić information content (AvgIpc) is 2.55. The molecule has 0 saturated heterocycles. The van der Waals surface area contributed by atoms with Crippen molar-refractivity contribution in [3.05, 3.63) is 29.8 Å². The number of ether oxygens (including phenoxy) is 1. The molecule has 0 aliphatic rings. The van der Waals surface area contributed by atoms with Gasteiger partial charge in [-0.25, -0.2) is 4.79 Å². The van der Waals surface area contributed by atoms with Crippen molar-refractivity contribution in [3.63, 3.8) is 0 Å². The number of hydrogen-bond acceptors (Lipinski definition) is 4. The SMILES string of the molecule is CC(C)(C)OC(=O)NCCCC(=O)Nc1ccccc1C(=O)NCC(F)(F)F. The third-order valence-electron chi connectivity index (χ3n) is 3.14. The van der Waals surface area contributed by atoms with E-state index in [9.17, 15) is 27.6 Å². The van der Waals surface area contributed by atoms with E-state index in [0.29, 0.717) is 6.42 Å². The van der Waals surface area contributed by atoms with Crippen LogP contribution in [-0.2, 0) is 9.53 Å². The second-order valence-electron chi connectivity index (χ2n) is 6.92. The van der Waals surface area contributed by atoms with Crippen molar-refractivity contribution in [1.82, 2.24) is 10.6 Å². The molecule has 1 rings (SSSR count). The Hall–Kier alpha value is -2.78. The van der Waals surface area contributed by atoms with Crippen LogP contribution in [0.5, 0.6) is 0 Å². The van der Waals surface area contributed by atoms with Crippen molar-refractivity contribution in [3.8, 4) is 0 Å². The lowest BCUT2D eigenvalue weighted by Crippen LogP contribution is -2.34. The van der Waals surface area contributed by atoms with Gasteiger partial charge < -0.3 is 20.7 Å². The maximum atomic E-state index is 12.2. The number of benzene rings is 1. The van der Waals surface area contributed by atoms with Gasteiger partial charge in [0, 0.05) is 13.0 Å². The van der Waals surface area contributed by atoms with Gasteiger partial charge >= 0.3 is 12.3 Å². The fourth-order valence-electron chi connectivity index (χ4n) is 2.03. The maximum Gasteiger partial charge on any atom is 0.407 e. The predicted octanol–water partition coefficient (Wildman–Crippen LogP) is 3.22. The van der Waals surface area contributed by atoms with Crippen molar-refractivity contribution in [1.29, 1.82) is 0 Å². The Morgan fingerprint density at radius 2 is 1.68 bits per heavy atom. The summed E-state index contributed by atoms with van der Waals surface area (Å²) in [6.07, 6.45) is -4.78. The molecular formula is C18H24F3N3O4. The third kappa shape index (κ3) is 9.79. The summed E-state index contributed by atoms with van der Waals surface area (Å²) < 4.78 is 41.8. The number of para-hydroxylation sites is 1. The summed E-state index contributed by atoms with van der Waals surface area (Å²) in [4.78, 5) is 35.4. The first-order valence-electron chi connectivity index (χ1n) is 8.58. The molecule has 0 saturated carbocycles. The molecule has 0 bridgehead atoms. The van der Waals surface area contributed by atoms with E-state index in [0.717, 1.165) is 0 Å². The van der Waals surface area contributed by atoms with E-state index in [1.54, 1.807) is 32.2 Å². The molecule has 0 unspecified atom stereocenters. The number of nitrogens with one attached hydrogen (secondary N) is 3. The predicted molar refractivity (Wildman–Crippen MR) is 96.9 cm³/mol. The highest BCUT2D eigenvalue weighted by atomic mass is 19.4. The standard InChI is InChI=1S/C18H24F3N3O4/c1-17(2,3)28-16(27)22-10-6-9-14(25)24-13-8-5-4-7-12(13)15(26)23-11-18(19,20)21/h4-5,7-8H,6,9-11H2,1-3H3,(H,22,27)(H,23,26)(H,24,25). The number of carbonyl (C=O) groups is 3. The van der Waals surface area contributed by atoms with E-state index in [-0.39, 0.29) is 24.2 Å². The monoisotopic (exact) mass is 403 g/mol. The third-order valence-corrected chi connectivity index (χ3v) is 3.14. The fourth-order valence-corrected chi connectivity index (χ4v) is 2.03. The topological polar surface area (TPSA) is 96.5 Å². The number of carbonyl (C=O) groups excluding carboxylic acids is 3. The Morgan fingerprint density at radius 1 is 1.04 bits per heavy atom. The van der Waals surface area contributed by atoms with Crippen LogP contribution < -0.4 is 16.0 Å². The molecule has 1 aromatic carbocycles. The number of anilines is 1. The number of halogens is 3. The Bertz CT molecular complexity index is 700. The molecule has 156 valence electrons. The van der Waals surface area contributed by atoms with Crippen LogP contribution in [0.1, 0.15) is 44.0 Å². The summed E-state index contributed by atoms with van der Waals surface area (Å²) in [6.45, 7) is 3.91. The van der Waals surface area contributed by atoms with Crippen LogP contribution in [0.15, 0.2) is 24.3 Å². The van der Waals surface area contributed by atoms with E-state index in [2.05, 4.69) is 10.6 Å². The summed E-state index contributed by atoms with van der Waals surface area (Å²) in [5.41, 5.74) is -0.600. The molecule has 7 nitrogen and oxygen atoms in total.